The van der Waals surface area contributed by atoms with Gasteiger partial charge in [0.15, 0.2) is 12.3 Å². The van der Waals surface area contributed by atoms with Crippen LogP contribution in [0, 0.1) is 13.8 Å². The zero-order valence-corrected chi connectivity index (χ0v) is 16.7. The molecule has 0 N–H and O–H groups in total. The third kappa shape index (κ3) is 3.73. The maximum Gasteiger partial charge on any atom is 0.339 e. The number of carbonyl (C=O) groups is 1. The highest BCUT2D eigenvalue weighted by molar-refractivity contribution is 6.02. The second-order valence-corrected chi connectivity index (χ2v) is 7.19. The normalized spacial score (nSPS) is 11.3. The molecule has 3 heterocycles. The van der Waals surface area contributed by atoms with Crippen molar-refractivity contribution in [1.82, 2.24) is 24.9 Å². The largest absolute Gasteiger partial charge is 0.452 e. The smallest absolute Gasteiger partial charge is 0.339 e. The number of ether oxygens (including phenoxy) is 1. The highest BCUT2D eigenvalue weighted by Crippen LogP contribution is 2.22. The molecule has 3 aromatic heterocycles. The quantitative estimate of drug-likeness (QED) is 0.474. The van der Waals surface area contributed by atoms with E-state index in [0.29, 0.717) is 28.1 Å². The Labute approximate surface area is 167 Å². The SMILES string of the molecule is Cc1ccc(-c2noc(COC(=O)c3cc(C)nc4c3cnn4C(C)C)n2)cc1. The van der Waals surface area contributed by atoms with Gasteiger partial charge in [-0.25, -0.2) is 14.5 Å². The molecule has 0 unspecified atom stereocenters. The molecule has 0 aliphatic heterocycles. The fraction of sp³-hybridized carbons (Fsp3) is 0.286. The number of nitrogens with zero attached hydrogens (tertiary/aromatic N) is 5. The zero-order valence-electron chi connectivity index (χ0n) is 16.7. The maximum atomic E-state index is 12.7. The number of aromatic nitrogens is 5. The van der Waals surface area contributed by atoms with E-state index < -0.39 is 5.97 Å². The van der Waals surface area contributed by atoms with Gasteiger partial charge in [-0.15, -0.1) is 0 Å². The van der Waals surface area contributed by atoms with Crippen molar-refractivity contribution >= 4 is 17.0 Å². The minimum Gasteiger partial charge on any atom is -0.452 e. The lowest BCUT2D eigenvalue weighted by Gasteiger charge is -2.08. The average Bonchev–Trinajstić information content (AvgIpc) is 3.33. The summed E-state index contributed by atoms with van der Waals surface area (Å²) in [5, 5.41) is 8.95. The standard InChI is InChI=1S/C21H21N5O3/c1-12(2)26-20-17(10-22-26)16(9-14(4)23-20)21(27)28-11-18-24-19(25-29-18)15-7-5-13(3)6-8-15/h5-10,12H,11H2,1-4H3. The van der Waals surface area contributed by atoms with Gasteiger partial charge >= 0.3 is 5.97 Å². The number of carbonyl (C=O) groups excluding carboxylic acids is 1. The Morgan fingerprint density at radius 2 is 1.93 bits per heavy atom. The zero-order chi connectivity index (χ0) is 20.5. The molecule has 0 bridgehead atoms. The number of benzene rings is 1. The number of pyridine rings is 1. The lowest BCUT2D eigenvalue weighted by Crippen LogP contribution is -2.08. The highest BCUT2D eigenvalue weighted by atomic mass is 16.6. The van der Waals surface area contributed by atoms with E-state index in [2.05, 4.69) is 20.2 Å². The number of rotatable bonds is 5. The number of hydrogen-bond acceptors (Lipinski definition) is 7. The van der Waals surface area contributed by atoms with E-state index in [9.17, 15) is 4.79 Å². The van der Waals surface area contributed by atoms with Crippen LogP contribution in [0.25, 0.3) is 22.4 Å². The summed E-state index contributed by atoms with van der Waals surface area (Å²) >= 11 is 0. The first-order valence-electron chi connectivity index (χ1n) is 9.34. The fourth-order valence-corrected chi connectivity index (χ4v) is 3.03. The van der Waals surface area contributed by atoms with Crippen LogP contribution in [0.2, 0.25) is 0 Å². The molecule has 4 rings (SSSR count). The molecule has 0 amide bonds. The predicted molar refractivity (Wildman–Crippen MR) is 106 cm³/mol. The van der Waals surface area contributed by atoms with Crippen molar-refractivity contribution in [1.29, 1.82) is 0 Å². The Hall–Kier alpha value is -3.55. The highest BCUT2D eigenvalue weighted by Gasteiger charge is 2.19. The van der Waals surface area contributed by atoms with Crippen molar-refractivity contribution in [3.8, 4) is 11.4 Å². The van der Waals surface area contributed by atoms with E-state index in [0.717, 1.165) is 11.1 Å². The Balaban J connectivity index is 1.53. The van der Waals surface area contributed by atoms with Crippen molar-refractivity contribution in [3.05, 3.63) is 59.2 Å². The van der Waals surface area contributed by atoms with E-state index in [1.807, 2.05) is 52.0 Å². The summed E-state index contributed by atoms with van der Waals surface area (Å²) < 4.78 is 12.4. The van der Waals surface area contributed by atoms with Crippen LogP contribution < -0.4 is 0 Å². The molecule has 0 spiro atoms. The van der Waals surface area contributed by atoms with Gasteiger partial charge in [0.05, 0.1) is 17.1 Å². The Morgan fingerprint density at radius 3 is 2.66 bits per heavy atom. The Bertz CT molecular complexity index is 1170. The molecule has 8 nitrogen and oxygen atoms in total. The van der Waals surface area contributed by atoms with Crippen molar-refractivity contribution in [2.24, 2.45) is 0 Å². The molecule has 29 heavy (non-hydrogen) atoms. The Morgan fingerprint density at radius 1 is 1.17 bits per heavy atom. The summed E-state index contributed by atoms with van der Waals surface area (Å²) in [4.78, 5) is 21.5. The van der Waals surface area contributed by atoms with Crippen molar-refractivity contribution < 1.29 is 14.1 Å². The van der Waals surface area contributed by atoms with Crippen LogP contribution in [0.15, 0.2) is 41.1 Å². The third-order valence-electron chi connectivity index (χ3n) is 4.51. The molecular formula is C21H21N5O3. The summed E-state index contributed by atoms with van der Waals surface area (Å²) in [6, 6.07) is 9.60. The summed E-state index contributed by atoms with van der Waals surface area (Å²) in [6.07, 6.45) is 1.64. The van der Waals surface area contributed by atoms with Crippen LogP contribution in [0.5, 0.6) is 0 Å². The number of fused-ring (bicyclic) bond motifs is 1. The van der Waals surface area contributed by atoms with Crippen LogP contribution in [0.3, 0.4) is 0 Å². The molecule has 0 saturated heterocycles. The summed E-state index contributed by atoms with van der Waals surface area (Å²) in [5.41, 5.74) is 3.77. The maximum absolute atomic E-state index is 12.7. The lowest BCUT2D eigenvalue weighted by molar-refractivity contribution is 0.0432. The first-order chi connectivity index (χ1) is 13.9. The monoisotopic (exact) mass is 391 g/mol. The molecule has 1 aromatic carbocycles. The molecule has 4 aromatic rings. The number of esters is 1. The van der Waals surface area contributed by atoms with Gasteiger partial charge in [-0.3, -0.25) is 0 Å². The van der Waals surface area contributed by atoms with Crippen molar-refractivity contribution in [3.63, 3.8) is 0 Å². The first kappa shape index (κ1) is 18.8. The first-order valence-corrected chi connectivity index (χ1v) is 9.34. The van der Waals surface area contributed by atoms with Gasteiger partial charge in [0, 0.05) is 17.3 Å². The van der Waals surface area contributed by atoms with E-state index in [1.165, 1.54) is 0 Å². The van der Waals surface area contributed by atoms with Gasteiger partial charge in [0.25, 0.3) is 5.89 Å². The average molecular weight is 391 g/mol. The van der Waals surface area contributed by atoms with Gasteiger partial charge in [0.2, 0.25) is 5.82 Å². The third-order valence-corrected chi connectivity index (χ3v) is 4.51. The van der Waals surface area contributed by atoms with Crippen LogP contribution in [0.4, 0.5) is 0 Å². The van der Waals surface area contributed by atoms with Crippen LogP contribution in [-0.4, -0.2) is 30.9 Å². The molecule has 0 saturated carbocycles. The Kier molecular flexibility index (Phi) is 4.84. The molecule has 0 fully saturated rings. The minimum absolute atomic E-state index is 0.112. The summed E-state index contributed by atoms with van der Waals surface area (Å²) in [7, 11) is 0. The van der Waals surface area contributed by atoms with Crippen molar-refractivity contribution in [2.75, 3.05) is 0 Å². The summed E-state index contributed by atoms with van der Waals surface area (Å²) in [5.74, 6) is 0.198. The van der Waals surface area contributed by atoms with E-state index in [1.54, 1.807) is 16.9 Å². The molecule has 8 heteroatoms. The van der Waals surface area contributed by atoms with Crippen molar-refractivity contribution in [2.45, 2.75) is 40.3 Å². The molecule has 0 aliphatic carbocycles. The molecule has 0 aliphatic rings. The van der Waals surface area contributed by atoms with Crippen LogP contribution in [0.1, 0.15) is 47.4 Å². The lowest BCUT2D eigenvalue weighted by atomic mass is 10.1. The van der Waals surface area contributed by atoms with Crippen LogP contribution in [-0.2, 0) is 11.3 Å². The summed E-state index contributed by atoms with van der Waals surface area (Å²) in [6.45, 7) is 7.75. The fourth-order valence-electron chi connectivity index (χ4n) is 3.03. The van der Waals surface area contributed by atoms with Gasteiger partial charge in [-0.1, -0.05) is 35.0 Å². The van der Waals surface area contributed by atoms with Gasteiger partial charge in [0.1, 0.15) is 0 Å². The van der Waals surface area contributed by atoms with Crippen LogP contribution >= 0.6 is 0 Å². The minimum atomic E-state index is -0.487. The van der Waals surface area contributed by atoms with Gasteiger partial charge < -0.3 is 9.26 Å². The molecule has 0 atom stereocenters. The van der Waals surface area contributed by atoms with E-state index in [-0.39, 0.29) is 18.5 Å². The molecule has 0 radical (unpaired) electrons. The second-order valence-electron chi connectivity index (χ2n) is 7.19. The van der Waals surface area contributed by atoms with Gasteiger partial charge in [-0.2, -0.15) is 10.1 Å². The number of aryl methyl sites for hydroxylation is 2. The molecular weight excluding hydrogens is 370 g/mol. The predicted octanol–water partition coefficient (Wildman–Crippen LogP) is 4.04. The molecule has 148 valence electrons. The van der Waals surface area contributed by atoms with E-state index >= 15 is 0 Å². The van der Waals surface area contributed by atoms with E-state index in [4.69, 9.17) is 9.26 Å². The second kappa shape index (κ2) is 7.46. The topological polar surface area (TPSA) is 95.9 Å². The van der Waals surface area contributed by atoms with Gasteiger partial charge in [-0.05, 0) is 33.8 Å². The number of hydrogen-bond donors (Lipinski definition) is 0.